The summed E-state index contributed by atoms with van der Waals surface area (Å²) >= 11 is 0. The molecule has 0 atom stereocenters. The summed E-state index contributed by atoms with van der Waals surface area (Å²) in [6, 6.07) is 9.97. The predicted octanol–water partition coefficient (Wildman–Crippen LogP) is 3.07. The SMILES string of the molecule is FC(F)(F)CN1CCC(NCCCOc2ccccc2)CC1. The standard InChI is InChI=1S/C16H23F3N2O/c17-16(18,19)13-21-10-7-14(8-11-21)20-9-4-12-22-15-5-2-1-3-6-15/h1-3,5-6,14,20H,4,7-13H2. The second-order valence-electron chi connectivity index (χ2n) is 5.63. The molecule has 0 radical (unpaired) electrons. The van der Waals surface area contributed by atoms with Gasteiger partial charge in [0, 0.05) is 6.04 Å². The number of hydrogen-bond acceptors (Lipinski definition) is 3. The molecule has 6 heteroatoms. The van der Waals surface area contributed by atoms with Crippen LogP contribution in [0.15, 0.2) is 30.3 Å². The van der Waals surface area contributed by atoms with Crippen LogP contribution in [0.4, 0.5) is 13.2 Å². The van der Waals surface area contributed by atoms with Crippen LogP contribution >= 0.6 is 0 Å². The first-order valence-electron chi connectivity index (χ1n) is 7.73. The first kappa shape index (κ1) is 17.1. The van der Waals surface area contributed by atoms with Gasteiger partial charge in [-0.3, -0.25) is 4.90 Å². The zero-order valence-electron chi connectivity index (χ0n) is 12.6. The van der Waals surface area contributed by atoms with Crippen LogP contribution in [0.5, 0.6) is 5.75 Å². The zero-order valence-corrected chi connectivity index (χ0v) is 12.6. The second kappa shape index (κ2) is 8.39. The largest absolute Gasteiger partial charge is 0.494 e. The van der Waals surface area contributed by atoms with Crippen LogP contribution in [-0.4, -0.2) is 49.9 Å². The highest BCUT2D eigenvalue weighted by molar-refractivity contribution is 5.20. The van der Waals surface area contributed by atoms with E-state index < -0.39 is 12.7 Å². The van der Waals surface area contributed by atoms with Crippen molar-refractivity contribution < 1.29 is 17.9 Å². The predicted molar refractivity (Wildman–Crippen MR) is 80.1 cm³/mol. The van der Waals surface area contributed by atoms with Gasteiger partial charge in [0.15, 0.2) is 0 Å². The van der Waals surface area contributed by atoms with Crippen molar-refractivity contribution in [3.05, 3.63) is 30.3 Å². The lowest BCUT2D eigenvalue weighted by Crippen LogP contribution is -2.45. The Labute approximate surface area is 129 Å². The Morgan fingerprint density at radius 2 is 1.82 bits per heavy atom. The van der Waals surface area contributed by atoms with Gasteiger partial charge in [-0.25, -0.2) is 0 Å². The van der Waals surface area contributed by atoms with E-state index in [0.717, 1.165) is 31.6 Å². The van der Waals surface area contributed by atoms with Crippen molar-refractivity contribution in [1.82, 2.24) is 10.2 Å². The van der Waals surface area contributed by atoms with Crippen molar-refractivity contribution in [3.8, 4) is 5.75 Å². The smallest absolute Gasteiger partial charge is 0.401 e. The molecule has 1 aliphatic heterocycles. The van der Waals surface area contributed by atoms with E-state index in [4.69, 9.17) is 4.74 Å². The summed E-state index contributed by atoms with van der Waals surface area (Å²) in [5, 5.41) is 3.40. The molecule has 0 amide bonds. The Morgan fingerprint density at radius 3 is 2.45 bits per heavy atom. The molecule has 124 valence electrons. The third-order valence-corrected chi connectivity index (χ3v) is 3.76. The fraction of sp³-hybridized carbons (Fsp3) is 0.625. The fourth-order valence-electron chi connectivity index (χ4n) is 2.63. The molecule has 2 rings (SSSR count). The van der Waals surface area contributed by atoms with E-state index in [9.17, 15) is 13.2 Å². The Hall–Kier alpha value is -1.27. The molecule has 0 aromatic heterocycles. The molecule has 1 aromatic carbocycles. The Bertz CT molecular complexity index is 417. The summed E-state index contributed by atoms with van der Waals surface area (Å²) in [7, 11) is 0. The summed E-state index contributed by atoms with van der Waals surface area (Å²) in [6.07, 6.45) is -1.65. The Morgan fingerprint density at radius 1 is 1.14 bits per heavy atom. The summed E-state index contributed by atoms with van der Waals surface area (Å²) in [4.78, 5) is 1.48. The number of hydrogen-bond donors (Lipinski definition) is 1. The Kier molecular flexibility index (Phi) is 6.51. The van der Waals surface area contributed by atoms with Crippen LogP contribution in [0, 0.1) is 0 Å². The van der Waals surface area contributed by atoms with Gasteiger partial charge in [-0.05, 0) is 51.0 Å². The van der Waals surface area contributed by atoms with Crippen molar-refractivity contribution in [2.24, 2.45) is 0 Å². The van der Waals surface area contributed by atoms with Crippen molar-refractivity contribution in [2.45, 2.75) is 31.5 Å². The van der Waals surface area contributed by atoms with Gasteiger partial charge in [0.25, 0.3) is 0 Å². The van der Waals surface area contributed by atoms with Crippen LogP contribution in [0.2, 0.25) is 0 Å². The molecule has 1 saturated heterocycles. The van der Waals surface area contributed by atoms with Crippen LogP contribution < -0.4 is 10.1 Å². The highest BCUT2D eigenvalue weighted by Crippen LogP contribution is 2.19. The second-order valence-corrected chi connectivity index (χ2v) is 5.63. The summed E-state index contributed by atoms with van der Waals surface area (Å²) in [5.41, 5.74) is 0. The fourth-order valence-corrected chi connectivity index (χ4v) is 2.63. The quantitative estimate of drug-likeness (QED) is 0.783. The third-order valence-electron chi connectivity index (χ3n) is 3.76. The minimum atomic E-state index is -4.09. The van der Waals surface area contributed by atoms with Gasteiger partial charge in [-0.1, -0.05) is 18.2 Å². The van der Waals surface area contributed by atoms with Gasteiger partial charge in [-0.2, -0.15) is 13.2 Å². The molecule has 0 bridgehead atoms. The molecule has 0 unspecified atom stereocenters. The lowest BCUT2D eigenvalue weighted by atomic mass is 10.1. The molecule has 1 N–H and O–H groups in total. The molecular weight excluding hydrogens is 293 g/mol. The number of piperidine rings is 1. The number of benzene rings is 1. The van der Waals surface area contributed by atoms with Gasteiger partial charge in [0.2, 0.25) is 0 Å². The normalized spacial score (nSPS) is 17.6. The number of nitrogens with one attached hydrogen (secondary N) is 1. The highest BCUT2D eigenvalue weighted by Gasteiger charge is 2.32. The number of rotatable bonds is 7. The molecule has 1 fully saturated rings. The van der Waals surface area contributed by atoms with Crippen molar-refractivity contribution in [1.29, 1.82) is 0 Å². The van der Waals surface area contributed by atoms with Crippen molar-refractivity contribution in [3.63, 3.8) is 0 Å². The topological polar surface area (TPSA) is 24.5 Å². The molecule has 1 aliphatic rings. The van der Waals surface area contributed by atoms with Gasteiger partial charge in [-0.15, -0.1) is 0 Å². The number of likely N-dealkylation sites (tertiary alicyclic amines) is 1. The van der Waals surface area contributed by atoms with Gasteiger partial charge >= 0.3 is 6.18 Å². The lowest BCUT2D eigenvalue weighted by molar-refractivity contribution is -0.148. The number of ether oxygens (including phenoxy) is 1. The molecule has 1 aromatic rings. The number of halogens is 3. The van der Waals surface area contributed by atoms with Gasteiger partial charge < -0.3 is 10.1 Å². The minimum absolute atomic E-state index is 0.321. The Balaban J connectivity index is 1.52. The average molecular weight is 316 g/mol. The summed E-state index contributed by atoms with van der Waals surface area (Å²) in [6.45, 7) is 1.71. The van der Waals surface area contributed by atoms with E-state index in [1.54, 1.807) is 0 Å². The first-order chi connectivity index (χ1) is 10.5. The van der Waals surface area contributed by atoms with Crippen LogP contribution in [0.1, 0.15) is 19.3 Å². The van der Waals surface area contributed by atoms with E-state index in [0.29, 0.717) is 25.7 Å². The van der Waals surface area contributed by atoms with Crippen LogP contribution in [0.25, 0.3) is 0 Å². The number of para-hydroxylation sites is 1. The number of alkyl halides is 3. The molecule has 0 saturated carbocycles. The van der Waals surface area contributed by atoms with Gasteiger partial charge in [0.1, 0.15) is 5.75 Å². The van der Waals surface area contributed by atoms with E-state index in [1.807, 2.05) is 30.3 Å². The average Bonchev–Trinajstić information content (AvgIpc) is 2.48. The summed E-state index contributed by atoms with van der Waals surface area (Å²) < 4.78 is 42.5. The molecule has 0 aliphatic carbocycles. The molecule has 22 heavy (non-hydrogen) atoms. The summed E-state index contributed by atoms with van der Waals surface area (Å²) in [5.74, 6) is 0.864. The van der Waals surface area contributed by atoms with E-state index in [1.165, 1.54) is 4.90 Å². The van der Waals surface area contributed by atoms with E-state index >= 15 is 0 Å². The van der Waals surface area contributed by atoms with Crippen LogP contribution in [-0.2, 0) is 0 Å². The minimum Gasteiger partial charge on any atom is -0.494 e. The molecular formula is C16H23F3N2O. The van der Waals surface area contributed by atoms with E-state index in [2.05, 4.69) is 5.32 Å². The maximum absolute atomic E-state index is 12.3. The van der Waals surface area contributed by atoms with Crippen LogP contribution in [0.3, 0.4) is 0 Å². The number of nitrogens with zero attached hydrogens (tertiary/aromatic N) is 1. The maximum atomic E-state index is 12.3. The molecule has 0 spiro atoms. The van der Waals surface area contributed by atoms with Crippen molar-refractivity contribution >= 4 is 0 Å². The first-order valence-corrected chi connectivity index (χ1v) is 7.73. The lowest BCUT2D eigenvalue weighted by Gasteiger charge is -2.32. The molecule has 1 heterocycles. The van der Waals surface area contributed by atoms with Crippen molar-refractivity contribution in [2.75, 3.05) is 32.8 Å². The molecule has 3 nitrogen and oxygen atoms in total. The van der Waals surface area contributed by atoms with E-state index in [-0.39, 0.29) is 0 Å². The monoisotopic (exact) mass is 316 g/mol. The zero-order chi connectivity index (χ0) is 15.8. The maximum Gasteiger partial charge on any atom is 0.401 e. The third kappa shape index (κ3) is 6.66. The highest BCUT2D eigenvalue weighted by atomic mass is 19.4. The van der Waals surface area contributed by atoms with Gasteiger partial charge in [0.05, 0.1) is 13.2 Å².